The lowest BCUT2D eigenvalue weighted by Crippen LogP contribution is -2.51. The van der Waals surface area contributed by atoms with Crippen molar-refractivity contribution in [3.8, 4) is 0 Å². The molecule has 0 spiro atoms. The monoisotopic (exact) mass is 304 g/mol. The van der Waals surface area contributed by atoms with Gasteiger partial charge in [0.25, 0.3) is 0 Å². The molecule has 108 valence electrons. The Bertz CT molecular complexity index is 248. The molecule has 0 aliphatic heterocycles. The molecule has 0 aromatic rings. The SMILES string of the molecule is CCCC/C=C/[Si](C)(O[Si](C)(C)C)O[Si](C)(C)C. The van der Waals surface area contributed by atoms with Crippen molar-refractivity contribution in [3.05, 3.63) is 11.8 Å². The maximum atomic E-state index is 6.39. The van der Waals surface area contributed by atoms with Gasteiger partial charge in [0.2, 0.25) is 0 Å². The van der Waals surface area contributed by atoms with Gasteiger partial charge < -0.3 is 8.23 Å². The highest BCUT2D eigenvalue weighted by Gasteiger charge is 2.38. The lowest BCUT2D eigenvalue weighted by atomic mass is 10.2. The van der Waals surface area contributed by atoms with Gasteiger partial charge in [-0.05, 0) is 57.9 Å². The van der Waals surface area contributed by atoms with E-state index in [-0.39, 0.29) is 0 Å². The van der Waals surface area contributed by atoms with Gasteiger partial charge in [0.1, 0.15) is 0 Å². The van der Waals surface area contributed by atoms with Gasteiger partial charge in [-0.3, -0.25) is 0 Å². The van der Waals surface area contributed by atoms with Crippen LogP contribution in [-0.2, 0) is 8.23 Å². The Labute approximate surface area is 117 Å². The van der Waals surface area contributed by atoms with E-state index in [4.69, 9.17) is 8.23 Å². The zero-order valence-electron chi connectivity index (χ0n) is 13.6. The lowest BCUT2D eigenvalue weighted by molar-refractivity contribution is 0.403. The topological polar surface area (TPSA) is 18.5 Å². The van der Waals surface area contributed by atoms with Crippen LogP contribution < -0.4 is 0 Å². The van der Waals surface area contributed by atoms with Crippen LogP contribution >= 0.6 is 0 Å². The lowest BCUT2D eigenvalue weighted by Gasteiger charge is -2.36. The maximum absolute atomic E-state index is 6.39. The summed E-state index contributed by atoms with van der Waals surface area (Å²) in [7, 11) is -5.23. The molecule has 0 aromatic heterocycles. The van der Waals surface area contributed by atoms with Gasteiger partial charge in [0.15, 0.2) is 16.6 Å². The summed E-state index contributed by atoms with van der Waals surface area (Å²) < 4.78 is 12.8. The Morgan fingerprint density at radius 1 is 0.833 bits per heavy atom. The van der Waals surface area contributed by atoms with Gasteiger partial charge in [-0.2, -0.15) is 0 Å². The van der Waals surface area contributed by atoms with Crippen LogP contribution in [0, 0.1) is 0 Å². The second-order valence-corrected chi connectivity index (χ2v) is 19.4. The standard InChI is InChI=1S/C13H32O2Si3/c1-9-10-11-12-13-18(8,14-16(2,3)4)15-17(5,6)7/h12-13H,9-11H2,1-8H3/b13-12+. The number of rotatable bonds is 8. The van der Waals surface area contributed by atoms with E-state index in [1.807, 2.05) is 0 Å². The highest BCUT2D eigenvalue weighted by atomic mass is 28.5. The first-order valence-electron chi connectivity index (χ1n) is 7.05. The fraction of sp³-hybridized carbons (Fsp3) is 0.846. The van der Waals surface area contributed by atoms with E-state index in [1.165, 1.54) is 12.8 Å². The zero-order valence-corrected chi connectivity index (χ0v) is 16.6. The van der Waals surface area contributed by atoms with E-state index in [1.54, 1.807) is 0 Å². The van der Waals surface area contributed by atoms with Crippen LogP contribution in [0.2, 0.25) is 45.8 Å². The number of hydrogen-bond acceptors (Lipinski definition) is 2. The average molecular weight is 305 g/mol. The van der Waals surface area contributed by atoms with Crippen LogP contribution in [0.15, 0.2) is 11.8 Å². The van der Waals surface area contributed by atoms with Crippen LogP contribution in [0.3, 0.4) is 0 Å². The van der Waals surface area contributed by atoms with Crippen molar-refractivity contribution in [1.82, 2.24) is 0 Å². The molecule has 0 rings (SSSR count). The molecular formula is C13H32O2Si3. The molecule has 0 radical (unpaired) electrons. The molecule has 0 aliphatic rings. The summed E-state index contributed by atoms with van der Waals surface area (Å²) in [4.78, 5) is 0. The third kappa shape index (κ3) is 10.3. The molecule has 2 nitrogen and oxygen atoms in total. The predicted molar refractivity (Wildman–Crippen MR) is 89.1 cm³/mol. The molecule has 0 unspecified atom stereocenters. The summed E-state index contributed by atoms with van der Waals surface area (Å²) in [5.74, 6) is 0. The second-order valence-electron chi connectivity index (χ2n) is 6.99. The summed E-state index contributed by atoms with van der Waals surface area (Å²) in [5, 5.41) is 0. The predicted octanol–water partition coefficient (Wildman–Crippen LogP) is 5.05. The van der Waals surface area contributed by atoms with E-state index in [9.17, 15) is 0 Å². The second kappa shape index (κ2) is 7.19. The Balaban J connectivity index is 4.75. The van der Waals surface area contributed by atoms with Gasteiger partial charge in [0, 0.05) is 0 Å². The Morgan fingerprint density at radius 3 is 1.61 bits per heavy atom. The third-order valence-corrected chi connectivity index (χ3v) is 11.1. The molecule has 0 fully saturated rings. The van der Waals surface area contributed by atoms with E-state index < -0.39 is 25.2 Å². The molecule has 5 heteroatoms. The molecule has 0 atom stereocenters. The first kappa shape index (κ1) is 18.3. The van der Waals surface area contributed by atoms with Crippen LogP contribution in [-0.4, -0.2) is 25.2 Å². The summed E-state index contributed by atoms with van der Waals surface area (Å²) in [6.45, 7) is 17.9. The number of hydrogen-bond donors (Lipinski definition) is 0. The first-order valence-corrected chi connectivity index (χ1v) is 16.3. The van der Waals surface area contributed by atoms with Crippen molar-refractivity contribution in [3.63, 3.8) is 0 Å². The van der Waals surface area contributed by atoms with E-state index in [0.29, 0.717) is 0 Å². The fourth-order valence-corrected chi connectivity index (χ4v) is 13.3. The van der Waals surface area contributed by atoms with Gasteiger partial charge >= 0.3 is 8.56 Å². The van der Waals surface area contributed by atoms with E-state index in [2.05, 4.69) is 64.5 Å². The van der Waals surface area contributed by atoms with Crippen molar-refractivity contribution < 1.29 is 8.23 Å². The molecule has 0 amide bonds. The molecule has 0 aliphatic carbocycles. The summed E-state index contributed by atoms with van der Waals surface area (Å²) >= 11 is 0. The average Bonchev–Trinajstić information content (AvgIpc) is 2.05. The summed E-state index contributed by atoms with van der Waals surface area (Å²) in [6.07, 6.45) is 5.91. The quantitative estimate of drug-likeness (QED) is 0.461. The van der Waals surface area contributed by atoms with Crippen molar-refractivity contribution in [2.24, 2.45) is 0 Å². The van der Waals surface area contributed by atoms with Crippen molar-refractivity contribution >= 4 is 25.2 Å². The molecule has 0 saturated heterocycles. The Hall–Kier alpha value is 0.311. The Kier molecular flexibility index (Phi) is 7.31. The highest BCUT2D eigenvalue weighted by Crippen LogP contribution is 2.22. The van der Waals surface area contributed by atoms with Crippen molar-refractivity contribution in [1.29, 1.82) is 0 Å². The molecule has 18 heavy (non-hydrogen) atoms. The van der Waals surface area contributed by atoms with Crippen molar-refractivity contribution in [2.75, 3.05) is 0 Å². The van der Waals surface area contributed by atoms with Gasteiger partial charge in [0.05, 0.1) is 0 Å². The largest absolute Gasteiger partial charge is 0.434 e. The Morgan fingerprint density at radius 2 is 1.28 bits per heavy atom. The third-order valence-electron chi connectivity index (χ3n) is 2.16. The summed E-state index contributed by atoms with van der Waals surface area (Å²) in [5.41, 5.74) is 2.26. The normalized spacial score (nSPS) is 14.4. The van der Waals surface area contributed by atoms with Crippen LogP contribution in [0.5, 0.6) is 0 Å². The van der Waals surface area contributed by atoms with Gasteiger partial charge in [-0.1, -0.05) is 25.8 Å². The summed E-state index contributed by atoms with van der Waals surface area (Å²) in [6, 6.07) is 0. The van der Waals surface area contributed by atoms with Crippen LogP contribution in [0.1, 0.15) is 26.2 Å². The molecule has 0 saturated carbocycles. The molecule has 0 N–H and O–H groups in total. The van der Waals surface area contributed by atoms with Crippen molar-refractivity contribution in [2.45, 2.75) is 72.0 Å². The number of allylic oxidation sites excluding steroid dienone is 1. The van der Waals surface area contributed by atoms with E-state index >= 15 is 0 Å². The molecular weight excluding hydrogens is 272 g/mol. The zero-order chi connectivity index (χ0) is 14.4. The van der Waals surface area contributed by atoms with Crippen LogP contribution in [0.4, 0.5) is 0 Å². The smallest absolute Gasteiger partial charge is 0.340 e. The van der Waals surface area contributed by atoms with Gasteiger partial charge in [-0.15, -0.1) is 0 Å². The highest BCUT2D eigenvalue weighted by molar-refractivity contribution is 6.89. The minimum absolute atomic E-state index is 1.14. The molecule has 0 aromatic carbocycles. The minimum Gasteiger partial charge on any atom is -0.434 e. The molecule has 0 heterocycles. The fourth-order valence-electron chi connectivity index (χ4n) is 1.92. The van der Waals surface area contributed by atoms with Gasteiger partial charge in [-0.25, -0.2) is 0 Å². The number of unbranched alkanes of at least 4 members (excludes halogenated alkanes) is 2. The van der Waals surface area contributed by atoms with Crippen LogP contribution in [0.25, 0.3) is 0 Å². The van der Waals surface area contributed by atoms with E-state index in [0.717, 1.165) is 6.42 Å². The maximum Gasteiger partial charge on any atom is 0.340 e. The minimum atomic E-state index is -2.13. The first-order chi connectivity index (χ1) is 7.97. The molecule has 0 bridgehead atoms.